The molecule has 0 heterocycles. The smallest absolute Gasteiger partial charge is 0.323 e. The number of hydrogen-bond acceptors (Lipinski definition) is 2. The Morgan fingerprint density at radius 1 is 1.50 bits per heavy atom. The highest BCUT2D eigenvalue weighted by molar-refractivity contribution is 5.77. The molecule has 1 rings (SSSR count). The molecule has 100 valence electrons. The quantitative estimate of drug-likeness (QED) is 0.848. The first-order valence-corrected chi connectivity index (χ1v) is 6.02. The Morgan fingerprint density at radius 2 is 2.11 bits per heavy atom. The molecule has 0 aliphatic heterocycles. The molecule has 0 aromatic heterocycles. The molecule has 4 heteroatoms. The van der Waals surface area contributed by atoms with Gasteiger partial charge in [0.1, 0.15) is 11.4 Å². The molecule has 0 fully saturated rings. The zero-order valence-corrected chi connectivity index (χ0v) is 11.0. The van der Waals surface area contributed by atoms with Gasteiger partial charge in [0, 0.05) is 0 Å². The van der Waals surface area contributed by atoms with E-state index in [1.807, 2.05) is 19.9 Å². The normalized spacial score (nSPS) is 17.8. The summed E-state index contributed by atoms with van der Waals surface area (Å²) in [5.74, 6) is -1.18. The van der Waals surface area contributed by atoms with Crippen molar-refractivity contribution in [1.82, 2.24) is 0 Å². The van der Waals surface area contributed by atoms with Crippen LogP contribution in [0.5, 0.6) is 0 Å². The third kappa shape index (κ3) is 3.53. The van der Waals surface area contributed by atoms with Crippen molar-refractivity contribution >= 4 is 5.97 Å². The first-order chi connectivity index (χ1) is 8.24. The number of aliphatic carboxylic acids is 1. The van der Waals surface area contributed by atoms with Crippen LogP contribution in [0.15, 0.2) is 24.3 Å². The van der Waals surface area contributed by atoms with Crippen LogP contribution in [0.3, 0.4) is 0 Å². The lowest BCUT2D eigenvalue weighted by Gasteiger charge is -2.27. The molecule has 1 aromatic carbocycles. The van der Waals surface area contributed by atoms with Gasteiger partial charge in [-0.15, -0.1) is 0 Å². The van der Waals surface area contributed by atoms with E-state index in [1.54, 1.807) is 6.07 Å². The number of hydrogen-bond donors (Lipinski definition) is 2. The Hall–Kier alpha value is -1.42. The Labute approximate surface area is 107 Å². The van der Waals surface area contributed by atoms with E-state index in [2.05, 4.69) is 0 Å². The van der Waals surface area contributed by atoms with Gasteiger partial charge in [-0.25, -0.2) is 4.39 Å². The number of nitrogens with two attached hydrogens (primary N) is 1. The fourth-order valence-corrected chi connectivity index (χ4v) is 2.05. The summed E-state index contributed by atoms with van der Waals surface area (Å²) in [7, 11) is 0. The van der Waals surface area contributed by atoms with Gasteiger partial charge in [-0.1, -0.05) is 26.0 Å². The van der Waals surface area contributed by atoms with Crippen molar-refractivity contribution < 1.29 is 14.3 Å². The van der Waals surface area contributed by atoms with Gasteiger partial charge in [0.05, 0.1) is 0 Å². The van der Waals surface area contributed by atoms with Crippen LogP contribution in [0.25, 0.3) is 0 Å². The van der Waals surface area contributed by atoms with Crippen LogP contribution in [0, 0.1) is 11.7 Å². The second-order valence-corrected chi connectivity index (χ2v) is 5.25. The molecular weight excluding hydrogens is 233 g/mol. The van der Waals surface area contributed by atoms with E-state index < -0.39 is 11.5 Å². The van der Waals surface area contributed by atoms with E-state index in [0.717, 1.165) is 5.56 Å². The Bertz CT molecular complexity index is 432. The van der Waals surface area contributed by atoms with Crippen molar-refractivity contribution in [2.45, 2.75) is 38.6 Å². The van der Waals surface area contributed by atoms with Crippen LogP contribution in [0.2, 0.25) is 0 Å². The molecule has 0 saturated carbocycles. The molecule has 3 unspecified atom stereocenters. The Morgan fingerprint density at radius 3 is 2.61 bits per heavy atom. The van der Waals surface area contributed by atoms with Crippen molar-refractivity contribution in [3.63, 3.8) is 0 Å². The minimum Gasteiger partial charge on any atom is -0.480 e. The SMILES string of the molecule is CC(CC(C)(N)C(=O)O)C(C)c1cccc(F)c1. The lowest BCUT2D eigenvalue weighted by Crippen LogP contribution is -2.46. The highest BCUT2D eigenvalue weighted by atomic mass is 19.1. The third-order valence-electron chi connectivity index (χ3n) is 3.46. The molecule has 1 aromatic rings. The monoisotopic (exact) mass is 253 g/mol. The van der Waals surface area contributed by atoms with Gasteiger partial charge < -0.3 is 10.8 Å². The first kappa shape index (κ1) is 14.6. The summed E-state index contributed by atoms with van der Waals surface area (Å²) in [6.45, 7) is 5.39. The van der Waals surface area contributed by atoms with E-state index in [1.165, 1.54) is 19.1 Å². The summed E-state index contributed by atoms with van der Waals surface area (Å²) in [5.41, 5.74) is 5.35. The number of halogens is 1. The number of carboxylic acids is 1. The van der Waals surface area contributed by atoms with Gasteiger partial charge in [0.25, 0.3) is 0 Å². The van der Waals surface area contributed by atoms with Gasteiger partial charge in [-0.05, 0) is 42.9 Å². The van der Waals surface area contributed by atoms with Crippen molar-refractivity contribution in [2.75, 3.05) is 0 Å². The van der Waals surface area contributed by atoms with Crippen molar-refractivity contribution in [3.8, 4) is 0 Å². The van der Waals surface area contributed by atoms with Gasteiger partial charge in [0.15, 0.2) is 0 Å². The lowest BCUT2D eigenvalue weighted by molar-refractivity contribution is -0.143. The van der Waals surface area contributed by atoms with Gasteiger partial charge in [-0.3, -0.25) is 4.79 Å². The van der Waals surface area contributed by atoms with Gasteiger partial charge >= 0.3 is 5.97 Å². The number of rotatable bonds is 5. The maximum absolute atomic E-state index is 13.1. The fraction of sp³-hybridized carbons (Fsp3) is 0.500. The summed E-state index contributed by atoms with van der Waals surface area (Å²) in [5, 5.41) is 9.00. The molecule has 18 heavy (non-hydrogen) atoms. The lowest BCUT2D eigenvalue weighted by atomic mass is 9.80. The molecule has 0 spiro atoms. The Balaban J connectivity index is 2.79. The van der Waals surface area contributed by atoms with E-state index in [-0.39, 0.29) is 17.7 Å². The molecular formula is C14H20FNO2. The van der Waals surface area contributed by atoms with E-state index in [0.29, 0.717) is 6.42 Å². The molecule has 0 amide bonds. The predicted octanol–water partition coefficient (Wildman–Crippen LogP) is 2.76. The van der Waals surface area contributed by atoms with E-state index in [4.69, 9.17) is 10.8 Å². The molecule has 3 N–H and O–H groups in total. The highest BCUT2D eigenvalue weighted by Gasteiger charge is 2.31. The molecule has 0 bridgehead atoms. The summed E-state index contributed by atoms with van der Waals surface area (Å²) >= 11 is 0. The predicted molar refractivity (Wildman–Crippen MR) is 68.8 cm³/mol. The number of carboxylic acid groups (broad SMARTS) is 1. The second-order valence-electron chi connectivity index (χ2n) is 5.25. The number of benzene rings is 1. The highest BCUT2D eigenvalue weighted by Crippen LogP contribution is 2.30. The third-order valence-corrected chi connectivity index (χ3v) is 3.46. The van der Waals surface area contributed by atoms with E-state index in [9.17, 15) is 9.18 Å². The van der Waals surface area contributed by atoms with Gasteiger partial charge in [-0.2, -0.15) is 0 Å². The Kier molecular flexibility index (Phi) is 4.46. The molecule has 3 atom stereocenters. The van der Waals surface area contributed by atoms with Gasteiger partial charge in [0.2, 0.25) is 0 Å². The first-order valence-electron chi connectivity index (χ1n) is 6.02. The van der Waals surface area contributed by atoms with Crippen molar-refractivity contribution in [1.29, 1.82) is 0 Å². The minimum absolute atomic E-state index is 0.0536. The summed E-state index contributed by atoms with van der Waals surface area (Å²) < 4.78 is 13.1. The van der Waals surface area contributed by atoms with E-state index >= 15 is 0 Å². The van der Waals surface area contributed by atoms with Crippen LogP contribution in [0.1, 0.15) is 38.7 Å². The van der Waals surface area contributed by atoms with Crippen LogP contribution in [-0.4, -0.2) is 16.6 Å². The molecule has 0 saturated heterocycles. The fourth-order valence-electron chi connectivity index (χ4n) is 2.05. The summed E-state index contributed by atoms with van der Waals surface area (Å²) in [6, 6.07) is 6.38. The zero-order chi connectivity index (χ0) is 13.9. The molecule has 3 nitrogen and oxygen atoms in total. The average Bonchev–Trinajstić information content (AvgIpc) is 2.27. The van der Waals surface area contributed by atoms with Crippen molar-refractivity contribution in [3.05, 3.63) is 35.6 Å². The maximum Gasteiger partial charge on any atom is 0.323 e. The maximum atomic E-state index is 13.1. The standard InChI is InChI=1S/C14H20FNO2/c1-9(8-14(3,16)13(17)18)10(2)11-5-4-6-12(15)7-11/h4-7,9-10H,8,16H2,1-3H3,(H,17,18). The van der Waals surface area contributed by atoms with Crippen molar-refractivity contribution in [2.24, 2.45) is 11.7 Å². The number of carbonyl (C=O) groups is 1. The average molecular weight is 253 g/mol. The van der Waals surface area contributed by atoms with Crippen LogP contribution < -0.4 is 5.73 Å². The van der Waals surface area contributed by atoms with Crippen LogP contribution >= 0.6 is 0 Å². The second kappa shape index (κ2) is 5.48. The molecule has 0 radical (unpaired) electrons. The summed E-state index contributed by atoms with van der Waals surface area (Å²) in [6.07, 6.45) is 0.347. The molecule has 0 aliphatic rings. The zero-order valence-electron chi connectivity index (χ0n) is 11.0. The van der Waals surface area contributed by atoms with Crippen LogP contribution in [0.4, 0.5) is 4.39 Å². The molecule has 0 aliphatic carbocycles. The summed E-state index contributed by atoms with van der Waals surface area (Å²) in [4.78, 5) is 11.0. The minimum atomic E-state index is -1.25. The topological polar surface area (TPSA) is 63.3 Å². The largest absolute Gasteiger partial charge is 0.480 e. The van der Waals surface area contributed by atoms with Crippen LogP contribution in [-0.2, 0) is 4.79 Å².